The van der Waals surface area contributed by atoms with Gasteiger partial charge >= 0.3 is 6.18 Å². The molecule has 1 aromatic rings. The molecule has 0 radical (unpaired) electrons. The number of nitrogens with zero attached hydrogens (tertiary/aromatic N) is 1. The zero-order chi connectivity index (χ0) is 14.8. The monoisotopic (exact) mass is 346 g/mol. The number of alkyl halides is 3. The van der Waals surface area contributed by atoms with Gasteiger partial charge in [0.25, 0.3) is 0 Å². The third kappa shape index (κ3) is 3.45. The minimum atomic E-state index is -4.16. The summed E-state index contributed by atoms with van der Waals surface area (Å²) in [7, 11) is 0. The van der Waals surface area contributed by atoms with E-state index in [0.717, 1.165) is 10.2 Å². The first-order valence-electron chi connectivity index (χ1n) is 6.36. The molecule has 0 aliphatic heterocycles. The number of halogens is 4. The second-order valence-corrected chi connectivity index (χ2v) is 6.06. The molecule has 20 heavy (non-hydrogen) atoms. The summed E-state index contributed by atoms with van der Waals surface area (Å²) in [5, 5.41) is 12.5. The summed E-state index contributed by atoms with van der Waals surface area (Å²) in [5.41, 5.74) is -0.158. The standard InChI is InChI=1S/C14H14BrF3N2/c15-11-2-1-3-12(8-11)20-13(9-19)6-4-10(5-7-13)14(16,17)18/h1-3,8,10,20H,4-7H2. The highest BCUT2D eigenvalue weighted by Crippen LogP contribution is 2.42. The number of rotatable bonds is 2. The lowest BCUT2D eigenvalue weighted by Crippen LogP contribution is -2.43. The van der Waals surface area contributed by atoms with Crippen LogP contribution in [0.25, 0.3) is 0 Å². The molecule has 1 aliphatic carbocycles. The van der Waals surface area contributed by atoms with E-state index in [1.54, 1.807) is 6.07 Å². The summed E-state index contributed by atoms with van der Waals surface area (Å²) < 4.78 is 38.9. The van der Waals surface area contributed by atoms with Crippen molar-refractivity contribution in [3.63, 3.8) is 0 Å². The Hall–Kier alpha value is -1.22. The second kappa shape index (κ2) is 5.65. The van der Waals surface area contributed by atoms with E-state index >= 15 is 0 Å². The Morgan fingerprint density at radius 1 is 1.30 bits per heavy atom. The van der Waals surface area contributed by atoms with Crippen molar-refractivity contribution in [3.05, 3.63) is 28.7 Å². The van der Waals surface area contributed by atoms with E-state index in [1.165, 1.54) is 0 Å². The Kier molecular flexibility index (Phi) is 4.28. The van der Waals surface area contributed by atoms with Gasteiger partial charge in [0.05, 0.1) is 12.0 Å². The molecule has 1 saturated carbocycles. The number of benzene rings is 1. The molecule has 0 amide bonds. The average molecular weight is 347 g/mol. The Labute approximate surface area is 124 Å². The molecular formula is C14H14BrF3N2. The number of nitriles is 1. The van der Waals surface area contributed by atoms with E-state index in [1.807, 2.05) is 18.2 Å². The van der Waals surface area contributed by atoms with E-state index in [-0.39, 0.29) is 25.7 Å². The highest BCUT2D eigenvalue weighted by molar-refractivity contribution is 9.10. The van der Waals surface area contributed by atoms with Crippen LogP contribution in [0.1, 0.15) is 25.7 Å². The molecule has 0 heterocycles. The third-order valence-electron chi connectivity index (χ3n) is 3.72. The van der Waals surface area contributed by atoms with E-state index in [4.69, 9.17) is 0 Å². The van der Waals surface area contributed by atoms with Crippen LogP contribution in [-0.2, 0) is 0 Å². The van der Waals surface area contributed by atoms with Crippen molar-refractivity contribution in [2.45, 2.75) is 37.4 Å². The first-order chi connectivity index (χ1) is 9.35. The van der Waals surface area contributed by atoms with Crippen LogP contribution in [0.15, 0.2) is 28.7 Å². The Morgan fingerprint density at radius 2 is 1.95 bits per heavy atom. The van der Waals surface area contributed by atoms with Crippen LogP contribution in [0.2, 0.25) is 0 Å². The zero-order valence-electron chi connectivity index (χ0n) is 10.7. The molecule has 1 aromatic carbocycles. The lowest BCUT2D eigenvalue weighted by Gasteiger charge is -2.36. The minimum Gasteiger partial charge on any atom is -0.367 e. The maximum Gasteiger partial charge on any atom is 0.391 e. The predicted octanol–water partition coefficient (Wildman–Crippen LogP) is 4.88. The summed E-state index contributed by atoms with van der Waals surface area (Å²) >= 11 is 3.33. The van der Waals surface area contributed by atoms with E-state index < -0.39 is 17.6 Å². The first-order valence-corrected chi connectivity index (χ1v) is 7.16. The maximum atomic E-state index is 12.7. The summed E-state index contributed by atoms with van der Waals surface area (Å²) in [6.07, 6.45) is -3.74. The Morgan fingerprint density at radius 3 is 2.45 bits per heavy atom. The van der Waals surface area contributed by atoms with Crippen LogP contribution < -0.4 is 5.32 Å². The van der Waals surface area contributed by atoms with Crippen LogP contribution >= 0.6 is 15.9 Å². The number of anilines is 1. The molecule has 2 rings (SSSR count). The van der Waals surface area contributed by atoms with Gasteiger partial charge in [-0.3, -0.25) is 0 Å². The molecule has 0 aromatic heterocycles. The SMILES string of the molecule is N#CC1(Nc2cccc(Br)c2)CCC(C(F)(F)F)CC1. The van der Waals surface area contributed by atoms with Crippen LogP contribution in [0.4, 0.5) is 18.9 Å². The normalized spacial score (nSPS) is 26.9. The molecule has 1 fully saturated rings. The van der Waals surface area contributed by atoms with Gasteiger partial charge in [0.15, 0.2) is 0 Å². The van der Waals surface area contributed by atoms with Gasteiger partial charge in [-0.2, -0.15) is 18.4 Å². The van der Waals surface area contributed by atoms with Crippen LogP contribution in [0.3, 0.4) is 0 Å². The maximum absolute atomic E-state index is 12.7. The van der Waals surface area contributed by atoms with Gasteiger partial charge in [0.1, 0.15) is 5.54 Å². The second-order valence-electron chi connectivity index (χ2n) is 5.15. The zero-order valence-corrected chi connectivity index (χ0v) is 12.3. The van der Waals surface area contributed by atoms with Crippen LogP contribution in [0.5, 0.6) is 0 Å². The number of hydrogen-bond acceptors (Lipinski definition) is 2. The van der Waals surface area contributed by atoms with Crippen LogP contribution in [0, 0.1) is 17.2 Å². The molecular weight excluding hydrogens is 333 g/mol. The summed E-state index contributed by atoms with van der Waals surface area (Å²) in [6, 6.07) is 9.45. The van der Waals surface area contributed by atoms with Gasteiger partial charge in [-0.05, 0) is 43.9 Å². The predicted molar refractivity (Wildman–Crippen MR) is 74.1 cm³/mol. The summed E-state index contributed by atoms with van der Waals surface area (Å²) in [5.74, 6) is -1.28. The topological polar surface area (TPSA) is 35.8 Å². The van der Waals surface area contributed by atoms with Crippen molar-refractivity contribution < 1.29 is 13.2 Å². The average Bonchev–Trinajstić information content (AvgIpc) is 2.38. The van der Waals surface area contributed by atoms with Gasteiger partial charge in [-0.15, -0.1) is 0 Å². The molecule has 1 N–H and O–H groups in total. The molecule has 2 nitrogen and oxygen atoms in total. The fraction of sp³-hybridized carbons (Fsp3) is 0.500. The molecule has 6 heteroatoms. The molecule has 108 valence electrons. The van der Waals surface area contributed by atoms with E-state index in [0.29, 0.717) is 0 Å². The van der Waals surface area contributed by atoms with Crippen molar-refractivity contribution in [2.75, 3.05) is 5.32 Å². The van der Waals surface area contributed by atoms with Gasteiger partial charge < -0.3 is 5.32 Å². The number of hydrogen-bond donors (Lipinski definition) is 1. The van der Waals surface area contributed by atoms with Gasteiger partial charge in [-0.25, -0.2) is 0 Å². The largest absolute Gasteiger partial charge is 0.391 e. The highest BCUT2D eigenvalue weighted by atomic mass is 79.9. The molecule has 1 aliphatic rings. The van der Waals surface area contributed by atoms with Crippen molar-refractivity contribution in [3.8, 4) is 6.07 Å². The third-order valence-corrected chi connectivity index (χ3v) is 4.22. The minimum absolute atomic E-state index is 0.00192. The van der Waals surface area contributed by atoms with E-state index in [2.05, 4.69) is 27.3 Å². The van der Waals surface area contributed by atoms with Crippen molar-refractivity contribution in [2.24, 2.45) is 5.92 Å². The highest BCUT2D eigenvalue weighted by Gasteiger charge is 2.46. The number of nitrogens with one attached hydrogen (secondary N) is 1. The van der Waals surface area contributed by atoms with Gasteiger partial charge in [0.2, 0.25) is 0 Å². The molecule has 0 atom stereocenters. The first kappa shape index (κ1) is 15.2. The fourth-order valence-electron chi connectivity index (χ4n) is 2.55. The van der Waals surface area contributed by atoms with Crippen molar-refractivity contribution in [1.82, 2.24) is 0 Å². The van der Waals surface area contributed by atoms with Gasteiger partial charge in [0, 0.05) is 10.2 Å². The molecule has 0 saturated heterocycles. The quantitative estimate of drug-likeness (QED) is 0.828. The lowest BCUT2D eigenvalue weighted by molar-refractivity contribution is -0.183. The van der Waals surface area contributed by atoms with Crippen LogP contribution in [-0.4, -0.2) is 11.7 Å². The Bertz CT molecular complexity index is 514. The molecule has 0 bridgehead atoms. The van der Waals surface area contributed by atoms with E-state index in [9.17, 15) is 18.4 Å². The van der Waals surface area contributed by atoms with Gasteiger partial charge in [-0.1, -0.05) is 22.0 Å². The van der Waals surface area contributed by atoms with Crippen molar-refractivity contribution >= 4 is 21.6 Å². The fourth-order valence-corrected chi connectivity index (χ4v) is 2.94. The molecule has 0 unspecified atom stereocenters. The van der Waals surface area contributed by atoms with Crippen molar-refractivity contribution in [1.29, 1.82) is 5.26 Å². The summed E-state index contributed by atoms with van der Waals surface area (Å²) in [4.78, 5) is 0. The summed E-state index contributed by atoms with van der Waals surface area (Å²) in [6.45, 7) is 0. The molecule has 0 spiro atoms. The smallest absolute Gasteiger partial charge is 0.367 e. The lowest BCUT2D eigenvalue weighted by atomic mass is 9.77. The Balaban J connectivity index is 2.08.